The van der Waals surface area contributed by atoms with Crippen molar-refractivity contribution in [3.63, 3.8) is 0 Å². The summed E-state index contributed by atoms with van der Waals surface area (Å²) in [6.07, 6.45) is 2.66. The van der Waals surface area contributed by atoms with Gasteiger partial charge in [-0.2, -0.15) is 0 Å². The number of fused-ring (bicyclic) bond motifs is 4. The Morgan fingerprint density at radius 2 is 1.97 bits per heavy atom. The number of likely N-dealkylation sites (tertiary alicyclic amines) is 1. The van der Waals surface area contributed by atoms with E-state index in [1.807, 2.05) is 18.2 Å². The Hall–Kier alpha value is -2.04. The number of carboxylic acids is 1. The molecule has 4 nitrogen and oxygen atoms in total. The number of nitrogens with zero attached hydrogens (tertiary/aromatic N) is 1. The van der Waals surface area contributed by atoms with Gasteiger partial charge >= 0.3 is 5.97 Å². The summed E-state index contributed by atoms with van der Waals surface area (Å²) in [5, 5.41) is 20.7. The lowest BCUT2D eigenvalue weighted by Crippen LogP contribution is -2.58. The van der Waals surface area contributed by atoms with Crippen molar-refractivity contribution in [3.8, 4) is 5.75 Å². The maximum Gasteiger partial charge on any atom is 0.314 e. The molecule has 5 atom stereocenters. The van der Waals surface area contributed by atoms with Gasteiger partial charge in [-0.05, 0) is 84.0 Å². The number of aromatic hydroxyl groups is 1. The van der Waals surface area contributed by atoms with E-state index in [0.29, 0.717) is 29.2 Å². The molecule has 30 heavy (non-hydrogen) atoms. The second-order valence-electron chi connectivity index (χ2n) is 9.75. The number of hydrogen-bond donors (Lipinski definition) is 2. The number of carbonyl (C=O) groups is 1. The average molecular weight is 426 g/mol. The molecule has 0 aromatic heterocycles. The van der Waals surface area contributed by atoms with Gasteiger partial charge in [0.15, 0.2) is 0 Å². The Labute approximate surface area is 182 Å². The maximum absolute atomic E-state index is 12.3. The van der Waals surface area contributed by atoms with Gasteiger partial charge in [0.1, 0.15) is 5.75 Å². The molecule has 2 aliphatic carbocycles. The molecular formula is C25H28ClNO3. The van der Waals surface area contributed by atoms with Crippen LogP contribution in [0.2, 0.25) is 5.02 Å². The molecule has 0 spiro atoms. The van der Waals surface area contributed by atoms with Crippen molar-refractivity contribution in [2.24, 2.45) is 11.8 Å². The van der Waals surface area contributed by atoms with Crippen molar-refractivity contribution in [2.45, 2.75) is 50.0 Å². The Morgan fingerprint density at radius 3 is 2.67 bits per heavy atom. The van der Waals surface area contributed by atoms with Crippen LogP contribution in [0, 0.1) is 11.8 Å². The van der Waals surface area contributed by atoms with Gasteiger partial charge in [0.2, 0.25) is 0 Å². The minimum absolute atomic E-state index is 0.0527. The fraction of sp³-hybridized carbons (Fsp3) is 0.480. The molecular weight excluding hydrogens is 398 g/mol. The molecule has 0 unspecified atom stereocenters. The van der Waals surface area contributed by atoms with E-state index in [0.717, 1.165) is 31.5 Å². The number of benzene rings is 2. The van der Waals surface area contributed by atoms with E-state index in [-0.39, 0.29) is 11.3 Å². The second-order valence-corrected chi connectivity index (χ2v) is 10.2. The highest BCUT2D eigenvalue weighted by atomic mass is 35.5. The molecule has 1 saturated heterocycles. The zero-order chi connectivity index (χ0) is 21.3. The third-order valence-corrected chi connectivity index (χ3v) is 8.66. The van der Waals surface area contributed by atoms with Crippen molar-refractivity contribution in [1.29, 1.82) is 0 Å². The second kappa shape index (κ2) is 6.73. The summed E-state index contributed by atoms with van der Waals surface area (Å²) >= 11 is 6.02. The molecule has 3 aliphatic rings. The Bertz CT molecular complexity index is 1010. The van der Waals surface area contributed by atoms with E-state index in [2.05, 4.69) is 24.8 Å². The fourth-order valence-electron chi connectivity index (χ4n) is 6.24. The number of phenolic OH excluding ortho intramolecular Hbond substituents is 1. The lowest BCUT2D eigenvalue weighted by atomic mass is 9.59. The largest absolute Gasteiger partial charge is 0.508 e. The van der Waals surface area contributed by atoms with E-state index >= 15 is 0 Å². The molecule has 0 radical (unpaired) electrons. The molecule has 5 rings (SSSR count). The molecule has 1 aliphatic heterocycles. The summed E-state index contributed by atoms with van der Waals surface area (Å²) in [6, 6.07) is 13.5. The normalized spacial score (nSPS) is 35.0. The van der Waals surface area contributed by atoms with Crippen LogP contribution in [0.5, 0.6) is 5.75 Å². The van der Waals surface area contributed by atoms with Crippen LogP contribution in [0.25, 0.3) is 0 Å². The first-order chi connectivity index (χ1) is 14.3. The van der Waals surface area contributed by atoms with E-state index in [4.69, 9.17) is 11.6 Å². The highest BCUT2D eigenvalue weighted by Crippen LogP contribution is 2.56. The third kappa shape index (κ3) is 2.80. The van der Waals surface area contributed by atoms with Crippen molar-refractivity contribution in [2.75, 3.05) is 13.1 Å². The van der Waals surface area contributed by atoms with Gasteiger partial charge in [0, 0.05) is 17.6 Å². The van der Waals surface area contributed by atoms with Crippen LogP contribution in [0.15, 0.2) is 42.5 Å². The quantitative estimate of drug-likeness (QED) is 0.750. The first-order valence-corrected chi connectivity index (χ1v) is 11.2. The predicted molar refractivity (Wildman–Crippen MR) is 117 cm³/mol. The molecule has 2 aromatic rings. The zero-order valence-corrected chi connectivity index (χ0v) is 18.2. The van der Waals surface area contributed by atoms with Crippen molar-refractivity contribution >= 4 is 17.6 Å². The van der Waals surface area contributed by atoms with Gasteiger partial charge in [-0.3, -0.25) is 9.69 Å². The Balaban J connectivity index is 1.40. The van der Waals surface area contributed by atoms with Gasteiger partial charge in [0.25, 0.3) is 0 Å². The molecule has 2 fully saturated rings. The van der Waals surface area contributed by atoms with Gasteiger partial charge < -0.3 is 10.2 Å². The van der Waals surface area contributed by atoms with Crippen molar-refractivity contribution in [3.05, 3.63) is 64.2 Å². The summed E-state index contributed by atoms with van der Waals surface area (Å²) in [6.45, 7) is 6.42. The summed E-state index contributed by atoms with van der Waals surface area (Å²) in [5.74, 6) is 0.187. The van der Waals surface area contributed by atoms with Gasteiger partial charge in [-0.1, -0.05) is 43.6 Å². The predicted octanol–water partition coefficient (Wildman–Crippen LogP) is 4.61. The molecule has 0 amide bonds. The minimum atomic E-state index is -0.785. The van der Waals surface area contributed by atoms with Gasteiger partial charge in [0.05, 0.1) is 5.41 Å². The van der Waals surface area contributed by atoms with E-state index in [9.17, 15) is 15.0 Å². The van der Waals surface area contributed by atoms with Crippen LogP contribution in [0.3, 0.4) is 0 Å². The van der Waals surface area contributed by atoms with E-state index in [1.165, 1.54) is 11.1 Å². The molecule has 5 heteroatoms. The highest BCUT2D eigenvalue weighted by molar-refractivity contribution is 6.30. The lowest BCUT2D eigenvalue weighted by Gasteiger charge is -2.54. The summed E-state index contributed by atoms with van der Waals surface area (Å²) < 4.78 is 0. The molecule has 2 N–H and O–H groups in total. The first-order valence-electron chi connectivity index (χ1n) is 10.8. The molecule has 1 saturated carbocycles. The van der Waals surface area contributed by atoms with Gasteiger partial charge in [-0.25, -0.2) is 0 Å². The highest BCUT2D eigenvalue weighted by Gasteiger charge is 2.62. The minimum Gasteiger partial charge on any atom is -0.508 e. The monoisotopic (exact) mass is 425 g/mol. The SMILES string of the molecule is C[C@H]1[C@H]2Cc3ccc(O)cc3[C@]1(C)CCN2C[C@H]1C[C@]1(C(=O)O)c1ccc(Cl)cc1. The first kappa shape index (κ1) is 19.9. The standard InChI is InChI=1S/C25H28ClNO3/c1-15-22-11-16-3-8-20(28)12-21(16)24(15,2)9-10-27(22)14-18-13-25(18,23(29)30)17-4-6-19(26)7-5-17/h3-8,12,15,18,22,28H,9-11,13-14H2,1-2H3,(H,29,30)/t15-,18+,22+,24+,25-/m0/s1. The van der Waals surface area contributed by atoms with Crippen molar-refractivity contribution < 1.29 is 15.0 Å². The smallest absolute Gasteiger partial charge is 0.314 e. The number of halogens is 1. The molecule has 1 heterocycles. The van der Waals surface area contributed by atoms with Crippen LogP contribution >= 0.6 is 11.6 Å². The summed E-state index contributed by atoms with van der Waals surface area (Å²) in [5.41, 5.74) is 2.74. The van der Waals surface area contributed by atoms with Crippen molar-refractivity contribution in [1.82, 2.24) is 4.90 Å². The van der Waals surface area contributed by atoms with Crippen LogP contribution in [0.4, 0.5) is 0 Å². The zero-order valence-electron chi connectivity index (χ0n) is 17.4. The van der Waals surface area contributed by atoms with Crippen LogP contribution in [0.1, 0.15) is 43.4 Å². The molecule has 158 valence electrons. The van der Waals surface area contributed by atoms with Crippen LogP contribution in [-0.2, 0) is 22.0 Å². The Kier molecular flexibility index (Phi) is 4.46. The van der Waals surface area contributed by atoms with Gasteiger partial charge in [-0.15, -0.1) is 0 Å². The maximum atomic E-state index is 12.3. The molecule has 2 bridgehead atoms. The molecule has 2 aromatic carbocycles. The fourth-order valence-corrected chi connectivity index (χ4v) is 6.37. The lowest BCUT2D eigenvalue weighted by molar-refractivity contribution is -0.140. The third-order valence-electron chi connectivity index (χ3n) is 8.41. The number of aliphatic carboxylic acids is 1. The van der Waals surface area contributed by atoms with Crippen LogP contribution in [-0.4, -0.2) is 40.2 Å². The van der Waals surface area contributed by atoms with Crippen LogP contribution < -0.4 is 0 Å². The average Bonchev–Trinajstić information content (AvgIpc) is 3.43. The number of carboxylic acid groups (broad SMARTS) is 1. The number of rotatable bonds is 4. The van der Waals surface area contributed by atoms with E-state index < -0.39 is 11.4 Å². The Morgan fingerprint density at radius 1 is 1.23 bits per heavy atom. The number of phenols is 1. The topological polar surface area (TPSA) is 60.8 Å². The summed E-state index contributed by atoms with van der Waals surface area (Å²) in [7, 11) is 0. The summed E-state index contributed by atoms with van der Waals surface area (Å²) in [4.78, 5) is 14.8. The number of hydrogen-bond acceptors (Lipinski definition) is 3. The van der Waals surface area contributed by atoms with E-state index in [1.54, 1.807) is 18.2 Å². The number of piperidine rings is 1.